The predicted molar refractivity (Wildman–Crippen MR) is 105 cm³/mol. The smallest absolute Gasteiger partial charge is 0.263 e. The lowest BCUT2D eigenvalue weighted by atomic mass is 10.2. The molecule has 0 radical (unpaired) electrons. The fourth-order valence-electron chi connectivity index (χ4n) is 2.85. The van der Waals surface area contributed by atoms with E-state index in [1.54, 1.807) is 25.1 Å². The largest absolute Gasteiger partial charge is 0.376 e. The van der Waals surface area contributed by atoms with Gasteiger partial charge in [0.15, 0.2) is 0 Å². The van der Waals surface area contributed by atoms with Crippen LogP contribution in [-0.2, 0) is 14.8 Å². The zero-order valence-electron chi connectivity index (χ0n) is 14.9. The van der Waals surface area contributed by atoms with Crippen molar-refractivity contribution in [2.75, 3.05) is 17.9 Å². The topological polar surface area (TPSA) is 84.5 Å². The van der Waals surface area contributed by atoms with Crippen LogP contribution in [0.1, 0.15) is 28.8 Å². The Morgan fingerprint density at radius 3 is 2.74 bits per heavy atom. The fourth-order valence-corrected chi connectivity index (χ4v) is 4.51. The van der Waals surface area contributed by atoms with Gasteiger partial charge in [0.05, 0.1) is 16.8 Å². The van der Waals surface area contributed by atoms with Crippen molar-refractivity contribution < 1.29 is 17.9 Å². The maximum absolute atomic E-state index is 12.8. The molecule has 2 N–H and O–H groups in total. The van der Waals surface area contributed by atoms with Crippen molar-refractivity contribution in [1.29, 1.82) is 0 Å². The van der Waals surface area contributed by atoms with E-state index in [4.69, 9.17) is 16.3 Å². The lowest BCUT2D eigenvalue weighted by Crippen LogP contribution is -2.31. The van der Waals surface area contributed by atoms with Gasteiger partial charge in [-0.25, -0.2) is 8.42 Å². The third-order valence-corrected chi connectivity index (χ3v) is 6.23. The highest BCUT2D eigenvalue weighted by Crippen LogP contribution is 2.26. The van der Waals surface area contributed by atoms with Gasteiger partial charge < -0.3 is 10.1 Å². The first-order valence-corrected chi connectivity index (χ1v) is 10.5. The monoisotopic (exact) mass is 408 g/mol. The number of nitrogens with one attached hydrogen (secondary N) is 2. The third kappa shape index (κ3) is 4.80. The van der Waals surface area contributed by atoms with Crippen LogP contribution in [0.25, 0.3) is 0 Å². The Kier molecular flexibility index (Phi) is 6.04. The second kappa shape index (κ2) is 8.29. The number of halogens is 1. The molecule has 0 spiro atoms. The van der Waals surface area contributed by atoms with Crippen LogP contribution >= 0.6 is 11.6 Å². The SMILES string of the molecule is Cc1ccccc1NS(=O)(=O)c1cc(C(=O)NC[C@@H]2CCCO2)ccc1Cl. The lowest BCUT2D eigenvalue weighted by Gasteiger charge is -2.14. The number of amides is 1. The number of hydrogen-bond acceptors (Lipinski definition) is 4. The summed E-state index contributed by atoms with van der Waals surface area (Å²) in [6.45, 7) is 2.90. The molecule has 1 heterocycles. The number of anilines is 1. The first kappa shape index (κ1) is 19.7. The number of benzene rings is 2. The van der Waals surface area contributed by atoms with Crippen LogP contribution in [0.15, 0.2) is 47.4 Å². The summed E-state index contributed by atoms with van der Waals surface area (Å²) in [5.74, 6) is -0.366. The molecule has 27 heavy (non-hydrogen) atoms. The van der Waals surface area contributed by atoms with Crippen molar-refractivity contribution in [1.82, 2.24) is 5.32 Å². The summed E-state index contributed by atoms with van der Waals surface area (Å²) in [6, 6.07) is 11.2. The molecule has 2 aromatic carbocycles. The molecule has 2 aromatic rings. The van der Waals surface area contributed by atoms with E-state index < -0.39 is 10.0 Å². The van der Waals surface area contributed by atoms with Gasteiger partial charge in [0, 0.05) is 18.7 Å². The van der Waals surface area contributed by atoms with Crippen LogP contribution in [0.4, 0.5) is 5.69 Å². The Bertz CT molecular complexity index is 940. The van der Waals surface area contributed by atoms with E-state index in [2.05, 4.69) is 10.0 Å². The van der Waals surface area contributed by atoms with Crippen molar-refractivity contribution in [2.24, 2.45) is 0 Å². The average Bonchev–Trinajstić information content (AvgIpc) is 3.15. The van der Waals surface area contributed by atoms with Crippen LogP contribution in [-0.4, -0.2) is 33.6 Å². The minimum atomic E-state index is -3.94. The molecule has 0 bridgehead atoms. The molecular formula is C19H21ClN2O4S. The zero-order valence-corrected chi connectivity index (χ0v) is 16.4. The summed E-state index contributed by atoms with van der Waals surface area (Å²) in [5, 5.41) is 2.82. The van der Waals surface area contributed by atoms with Crippen LogP contribution in [0.5, 0.6) is 0 Å². The number of carbonyl (C=O) groups excluding carboxylic acids is 1. The molecule has 1 saturated heterocycles. The van der Waals surface area contributed by atoms with E-state index in [-0.39, 0.29) is 27.5 Å². The molecule has 1 aliphatic heterocycles. The van der Waals surface area contributed by atoms with Crippen LogP contribution in [0, 0.1) is 6.92 Å². The molecule has 1 fully saturated rings. The normalized spacial score (nSPS) is 16.9. The van der Waals surface area contributed by atoms with E-state index >= 15 is 0 Å². The molecule has 0 aliphatic carbocycles. The maximum atomic E-state index is 12.8. The Morgan fingerprint density at radius 2 is 2.04 bits per heavy atom. The lowest BCUT2D eigenvalue weighted by molar-refractivity contribution is 0.0857. The minimum Gasteiger partial charge on any atom is -0.376 e. The third-order valence-electron chi connectivity index (χ3n) is 4.39. The summed E-state index contributed by atoms with van der Waals surface area (Å²) in [6.07, 6.45) is 1.89. The van der Waals surface area contributed by atoms with Gasteiger partial charge in [-0.2, -0.15) is 0 Å². The van der Waals surface area contributed by atoms with Gasteiger partial charge in [-0.1, -0.05) is 29.8 Å². The number of sulfonamides is 1. The fraction of sp³-hybridized carbons (Fsp3) is 0.316. The Balaban J connectivity index is 1.79. The first-order valence-electron chi connectivity index (χ1n) is 8.64. The standard InChI is InChI=1S/C19H21ClN2O4S/c1-13-5-2-3-7-17(13)22-27(24,25)18-11-14(8-9-16(18)20)19(23)21-12-15-6-4-10-26-15/h2-3,5,7-9,11,15,22H,4,6,10,12H2,1H3,(H,21,23)/t15-/m0/s1. The summed E-state index contributed by atoms with van der Waals surface area (Å²) in [5.41, 5.74) is 1.46. The molecule has 0 saturated carbocycles. The van der Waals surface area contributed by atoms with Crippen molar-refractivity contribution in [3.63, 3.8) is 0 Å². The molecule has 0 aromatic heterocycles. The van der Waals surface area contributed by atoms with Gasteiger partial charge in [0.1, 0.15) is 4.90 Å². The molecule has 144 valence electrons. The van der Waals surface area contributed by atoms with E-state index in [0.29, 0.717) is 18.8 Å². The molecule has 1 amide bonds. The number of aryl methyl sites for hydroxylation is 1. The summed E-state index contributed by atoms with van der Waals surface area (Å²) >= 11 is 6.10. The number of rotatable bonds is 6. The van der Waals surface area contributed by atoms with Gasteiger partial charge >= 0.3 is 0 Å². The highest BCUT2D eigenvalue weighted by atomic mass is 35.5. The highest BCUT2D eigenvalue weighted by molar-refractivity contribution is 7.92. The average molecular weight is 409 g/mol. The van der Waals surface area contributed by atoms with Gasteiger partial charge in [-0.05, 0) is 49.6 Å². The van der Waals surface area contributed by atoms with Crippen molar-refractivity contribution in [3.05, 3.63) is 58.6 Å². The summed E-state index contributed by atoms with van der Waals surface area (Å²) < 4.78 is 33.5. The van der Waals surface area contributed by atoms with Gasteiger partial charge in [0.25, 0.3) is 15.9 Å². The van der Waals surface area contributed by atoms with E-state index in [9.17, 15) is 13.2 Å². The molecule has 0 unspecified atom stereocenters. The van der Waals surface area contributed by atoms with Crippen LogP contribution in [0.3, 0.4) is 0 Å². The second-order valence-corrected chi connectivity index (χ2v) is 8.47. The van der Waals surface area contributed by atoms with Gasteiger partial charge in [-0.3, -0.25) is 9.52 Å². The van der Waals surface area contributed by atoms with Crippen LogP contribution in [0.2, 0.25) is 5.02 Å². The van der Waals surface area contributed by atoms with Gasteiger partial charge in [-0.15, -0.1) is 0 Å². The van der Waals surface area contributed by atoms with Crippen molar-refractivity contribution >= 4 is 33.2 Å². The summed E-state index contributed by atoms with van der Waals surface area (Å²) in [7, 11) is -3.94. The number of para-hydroxylation sites is 1. The number of hydrogen-bond donors (Lipinski definition) is 2. The minimum absolute atomic E-state index is 0.00664. The predicted octanol–water partition coefficient (Wildman–Crippen LogP) is 3.36. The van der Waals surface area contributed by atoms with Gasteiger partial charge in [0.2, 0.25) is 0 Å². The Morgan fingerprint density at radius 1 is 1.26 bits per heavy atom. The molecule has 3 rings (SSSR count). The molecule has 6 nitrogen and oxygen atoms in total. The van der Waals surface area contributed by atoms with Crippen molar-refractivity contribution in [3.8, 4) is 0 Å². The van der Waals surface area contributed by atoms with Crippen LogP contribution < -0.4 is 10.0 Å². The van der Waals surface area contributed by atoms with E-state index in [1.807, 2.05) is 6.07 Å². The van der Waals surface area contributed by atoms with E-state index in [1.165, 1.54) is 18.2 Å². The number of ether oxygens (including phenoxy) is 1. The maximum Gasteiger partial charge on any atom is 0.263 e. The van der Waals surface area contributed by atoms with Crippen molar-refractivity contribution in [2.45, 2.75) is 30.8 Å². The molecule has 1 atom stereocenters. The molecule has 1 aliphatic rings. The summed E-state index contributed by atoms with van der Waals surface area (Å²) in [4.78, 5) is 12.2. The Labute approximate surface area is 163 Å². The quantitative estimate of drug-likeness (QED) is 0.767. The first-order chi connectivity index (χ1) is 12.9. The zero-order chi connectivity index (χ0) is 19.4. The highest BCUT2D eigenvalue weighted by Gasteiger charge is 2.22. The molecular weight excluding hydrogens is 388 g/mol. The Hall–Kier alpha value is -2.09. The number of carbonyl (C=O) groups is 1. The molecule has 8 heteroatoms. The second-order valence-electron chi connectivity index (χ2n) is 6.41. The van der Waals surface area contributed by atoms with E-state index in [0.717, 1.165) is 18.4 Å².